The van der Waals surface area contributed by atoms with E-state index in [1.807, 2.05) is 38.2 Å². The van der Waals surface area contributed by atoms with E-state index in [9.17, 15) is 10.2 Å². The zero-order chi connectivity index (χ0) is 14.5. The average Bonchev–Trinajstić information content (AvgIpc) is 2.56. The first kappa shape index (κ1) is 14.7. The fourth-order valence-corrected chi connectivity index (χ4v) is 2.46. The summed E-state index contributed by atoms with van der Waals surface area (Å²) in [6.45, 7) is 3.78. The molecule has 1 fully saturated rings. The summed E-state index contributed by atoms with van der Waals surface area (Å²) in [5.74, 6) is 1.03. The number of hydrogen-bond acceptors (Lipinski definition) is 3. The summed E-state index contributed by atoms with van der Waals surface area (Å²) in [5.41, 5.74) is 0.876. The van der Waals surface area contributed by atoms with Crippen LogP contribution >= 0.6 is 0 Å². The Kier molecular flexibility index (Phi) is 4.85. The number of aliphatic hydroxyl groups is 2. The van der Waals surface area contributed by atoms with E-state index < -0.39 is 0 Å². The number of nitrogens with one attached hydrogen (secondary N) is 1. The van der Waals surface area contributed by atoms with Gasteiger partial charge in [-0.05, 0) is 56.4 Å². The standard InChI is InChI=1S/C17H23NO2/c1-3-4-15(19)11-13-6-9-16(13)18-14-7-5-12(2)17(20)10-8-14/h3-5,7-8,10-11,13-14,16,18-20H,6,9H2,1-2H3/b4-3-,15-11+. The molecule has 0 bridgehead atoms. The van der Waals surface area contributed by atoms with E-state index in [-0.39, 0.29) is 6.04 Å². The van der Waals surface area contributed by atoms with Gasteiger partial charge in [0.25, 0.3) is 0 Å². The third kappa shape index (κ3) is 3.64. The van der Waals surface area contributed by atoms with Gasteiger partial charge in [0.05, 0.1) is 0 Å². The lowest BCUT2D eigenvalue weighted by Crippen LogP contribution is -2.46. The minimum absolute atomic E-state index is 0.125. The van der Waals surface area contributed by atoms with Gasteiger partial charge < -0.3 is 15.5 Å². The molecule has 0 aliphatic heterocycles. The lowest BCUT2D eigenvalue weighted by Gasteiger charge is -2.37. The van der Waals surface area contributed by atoms with Gasteiger partial charge in [-0.25, -0.2) is 0 Å². The summed E-state index contributed by atoms with van der Waals surface area (Å²) in [6, 6.07) is 0.502. The molecule has 2 aliphatic rings. The summed E-state index contributed by atoms with van der Waals surface area (Å²) in [7, 11) is 0. The normalized spacial score (nSPS) is 30.7. The third-order valence-corrected chi connectivity index (χ3v) is 3.88. The van der Waals surface area contributed by atoms with Crippen LogP contribution in [-0.4, -0.2) is 22.3 Å². The molecule has 0 radical (unpaired) electrons. The van der Waals surface area contributed by atoms with Gasteiger partial charge in [0, 0.05) is 12.1 Å². The summed E-state index contributed by atoms with van der Waals surface area (Å²) in [6.07, 6.45) is 15.4. The Morgan fingerprint density at radius 1 is 1.30 bits per heavy atom. The van der Waals surface area contributed by atoms with Gasteiger partial charge in [0.15, 0.2) is 0 Å². The smallest absolute Gasteiger partial charge is 0.118 e. The third-order valence-electron chi connectivity index (χ3n) is 3.88. The molecule has 108 valence electrons. The minimum Gasteiger partial charge on any atom is -0.508 e. The Morgan fingerprint density at radius 2 is 2.05 bits per heavy atom. The Bertz CT molecular complexity index is 475. The molecule has 0 heterocycles. The number of allylic oxidation sites excluding steroid dienone is 5. The predicted molar refractivity (Wildman–Crippen MR) is 82.6 cm³/mol. The van der Waals surface area contributed by atoms with Crippen LogP contribution in [0.25, 0.3) is 0 Å². The van der Waals surface area contributed by atoms with Crippen molar-refractivity contribution in [2.75, 3.05) is 0 Å². The van der Waals surface area contributed by atoms with Crippen LogP contribution in [0.5, 0.6) is 0 Å². The van der Waals surface area contributed by atoms with Crippen molar-refractivity contribution in [2.24, 2.45) is 5.92 Å². The van der Waals surface area contributed by atoms with Crippen LogP contribution in [0.3, 0.4) is 0 Å². The summed E-state index contributed by atoms with van der Waals surface area (Å²) in [4.78, 5) is 0. The Balaban J connectivity index is 1.94. The highest BCUT2D eigenvalue weighted by molar-refractivity contribution is 5.33. The first-order valence-corrected chi connectivity index (χ1v) is 7.16. The van der Waals surface area contributed by atoms with E-state index in [2.05, 4.69) is 11.4 Å². The molecule has 3 atom stereocenters. The number of hydrogen-bond donors (Lipinski definition) is 3. The highest BCUT2D eigenvalue weighted by Crippen LogP contribution is 2.30. The molecule has 0 spiro atoms. The Hall–Kier alpha value is -1.74. The van der Waals surface area contributed by atoms with E-state index in [4.69, 9.17) is 0 Å². The van der Waals surface area contributed by atoms with Crippen LogP contribution in [0.15, 0.2) is 59.6 Å². The van der Waals surface area contributed by atoms with Crippen molar-refractivity contribution in [2.45, 2.75) is 38.8 Å². The zero-order valence-electron chi connectivity index (χ0n) is 12.1. The minimum atomic E-state index is 0.125. The van der Waals surface area contributed by atoms with Crippen molar-refractivity contribution in [3.05, 3.63) is 59.6 Å². The predicted octanol–water partition coefficient (Wildman–Crippen LogP) is 3.70. The molecule has 1 saturated carbocycles. The molecule has 0 aromatic carbocycles. The van der Waals surface area contributed by atoms with E-state index >= 15 is 0 Å². The van der Waals surface area contributed by atoms with Gasteiger partial charge >= 0.3 is 0 Å². The van der Waals surface area contributed by atoms with Crippen molar-refractivity contribution in [3.63, 3.8) is 0 Å². The van der Waals surface area contributed by atoms with Crippen molar-refractivity contribution in [1.82, 2.24) is 5.32 Å². The molecule has 2 aliphatic carbocycles. The van der Waals surface area contributed by atoms with Crippen molar-refractivity contribution in [1.29, 1.82) is 0 Å². The Labute approximate surface area is 120 Å². The highest BCUT2D eigenvalue weighted by Gasteiger charge is 2.30. The molecule has 2 rings (SSSR count). The lowest BCUT2D eigenvalue weighted by molar-refractivity contribution is 0.249. The van der Waals surface area contributed by atoms with E-state index in [1.165, 1.54) is 0 Å². The second-order valence-electron chi connectivity index (χ2n) is 5.42. The van der Waals surface area contributed by atoms with Gasteiger partial charge in [0.1, 0.15) is 11.5 Å². The molecule has 3 heteroatoms. The number of aliphatic hydroxyl groups excluding tert-OH is 2. The maximum absolute atomic E-state index is 9.70. The SMILES string of the molecule is C/C=C\C(O)=C/C1CCC1NC1C=CC(C)=C(O)C=C1. The van der Waals surface area contributed by atoms with Crippen molar-refractivity contribution < 1.29 is 10.2 Å². The molecular formula is C17H23NO2. The Morgan fingerprint density at radius 3 is 2.70 bits per heavy atom. The summed E-state index contributed by atoms with van der Waals surface area (Å²) in [5, 5.41) is 22.9. The summed E-state index contributed by atoms with van der Waals surface area (Å²) < 4.78 is 0. The van der Waals surface area contributed by atoms with Gasteiger partial charge in [-0.3, -0.25) is 0 Å². The van der Waals surface area contributed by atoms with E-state index in [0.29, 0.717) is 23.5 Å². The van der Waals surface area contributed by atoms with Crippen LogP contribution in [-0.2, 0) is 0 Å². The highest BCUT2D eigenvalue weighted by atomic mass is 16.3. The lowest BCUT2D eigenvalue weighted by atomic mass is 9.78. The first-order chi connectivity index (χ1) is 9.60. The summed E-state index contributed by atoms with van der Waals surface area (Å²) >= 11 is 0. The molecule has 0 saturated heterocycles. The van der Waals surface area contributed by atoms with E-state index in [0.717, 1.165) is 18.4 Å². The second kappa shape index (κ2) is 6.62. The van der Waals surface area contributed by atoms with Crippen LogP contribution in [0.2, 0.25) is 0 Å². The fraction of sp³-hybridized carbons (Fsp3) is 0.412. The molecule has 20 heavy (non-hydrogen) atoms. The maximum atomic E-state index is 9.70. The topological polar surface area (TPSA) is 52.5 Å². The van der Waals surface area contributed by atoms with Gasteiger partial charge in [-0.2, -0.15) is 0 Å². The average molecular weight is 273 g/mol. The molecular weight excluding hydrogens is 250 g/mol. The van der Waals surface area contributed by atoms with Crippen LogP contribution in [0.1, 0.15) is 26.7 Å². The van der Waals surface area contributed by atoms with Crippen LogP contribution in [0, 0.1) is 5.92 Å². The monoisotopic (exact) mass is 273 g/mol. The fourth-order valence-electron chi connectivity index (χ4n) is 2.46. The van der Waals surface area contributed by atoms with Crippen molar-refractivity contribution in [3.8, 4) is 0 Å². The maximum Gasteiger partial charge on any atom is 0.118 e. The zero-order valence-corrected chi connectivity index (χ0v) is 12.1. The second-order valence-corrected chi connectivity index (χ2v) is 5.42. The van der Waals surface area contributed by atoms with E-state index in [1.54, 1.807) is 12.2 Å². The molecule has 0 aromatic heterocycles. The van der Waals surface area contributed by atoms with Gasteiger partial charge in [0.2, 0.25) is 0 Å². The van der Waals surface area contributed by atoms with Crippen molar-refractivity contribution >= 4 is 0 Å². The molecule has 0 amide bonds. The van der Waals surface area contributed by atoms with Crippen LogP contribution in [0.4, 0.5) is 0 Å². The van der Waals surface area contributed by atoms with Gasteiger partial charge in [-0.1, -0.05) is 24.3 Å². The molecule has 3 unspecified atom stereocenters. The van der Waals surface area contributed by atoms with Gasteiger partial charge in [-0.15, -0.1) is 0 Å². The molecule has 3 N–H and O–H groups in total. The molecule has 0 aromatic rings. The van der Waals surface area contributed by atoms with Crippen LogP contribution < -0.4 is 5.32 Å². The molecule has 3 nitrogen and oxygen atoms in total. The first-order valence-electron chi connectivity index (χ1n) is 7.16. The largest absolute Gasteiger partial charge is 0.508 e. The quantitative estimate of drug-likeness (QED) is 0.541. The number of rotatable bonds is 4.